The third-order valence-electron chi connectivity index (χ3n) is 6.52. The molecule has 0 aliphatic carbocycles. The van der Waals surface area contributed by atoms with E-state index in [9.17, 15) is 0 Å². The zero-order valence-electron chi connectivity index (χ0n) is 20.3. The number of hydrogen-bond acceptors (Lipinski definition) is 9. The highest BCUT2D eigenvalue weighted by Gasteiger charge is 2.21. The van der Waals surface area contributed by atoms with Crippen LogP contribution < -0.4 is 4.90 Å². The number of nitrogens with one attached hydrogen (secondary N) is 1. The van der Waals surface area contributed by atoms with E-state index in [1.165, 1.54) is 0 Å². The van der Waals surface area contributed by atoms with E-state index in [4.69, 9.17) is 19.8 Å². The summed E-state index contributed by atoms with van der Waals surface area (Å²) in [6, 6.07) is 16.1. The average molecular weight is 503 g/mol. The molecule has 0 saturated carbocycles. The van der Waals surface area contributed by atoms with Crippen LogP contribution in [0.2, 0.25) is 0 Å². The summed E-state index contributed by atoms with van der Waals surface area (Å²) < 4.78 is 7.44. The largest absolute Gasteiger partial charge is 0.378 e. The predicted molar refractivity (Wildman–Crippen MR) is 143 cm³/mol. The number of aromatic amines is 1. The molecule has 0 bridgehead atoms. The van der Waals surface area contributed by atoms with Crippen LogP contribution in [0.25, 0.3) is 51.3 Å². The smallest absolute Gasteiger partial charge is 0.206 e. The fourth-order valence-corrected chi connectivity index (χ4v) is 4.70. The van der Waals surface area contributed by atoms with Crippen LogP contribution in [0, 0.1) is 0 Å². The topological polar surface area (TPSA) is 123 Å². The van der Waals surface area contributed by atoms with Crippen LogP contribution in [-0.2, 0) is 4.74 Å². The normalized spacial score (nSPS) is 14.2. The summed E-state index contributed by atoms with van der Waals surface area (Å²) in [5, 5.41) is 20.2. The van der Waals surface area contributed by atoms with Crippen molar-refractivity contribution in [2.75, 3.05) is 31.2 Å². The number of morpholine rings is 1. The molecular weight excluding hydrogens is 480 g/mol. The molecule has 1 saturated heterocycles. The van der Waals surface area contributed by atoms with Gasteiger partial charge in [-0.25, -0.2) is 14.5 Å². The standard InChI is InChI=1S/C27H22N10O/c1-2-4-22-18(3-1)5-6-21(30-22)7-8-23-25(19-15-20(17-28-16-19)26-32-34-35-33-26)37-27(31-23)24(9-10-29-37)36-11-13-38-14-12-36/h1-10,15-17H,11-14H2,(H,32,33,34,35). The molecule has 6 heterocycles. The maximum Gasteiger partial charge on any atom is 0.206 e. The molecule has 1 aliphatic rings. The van der Waals surface area contributed by atoms with Gasteiger partial charge in [0, 0.05) is 42.0 Å². The minimum atomic E-state index is 0.465. The molecule has 0 spiro atoms. The molecule has 7 rings (SSSR count). The van der Waals surface area contributed by atoms with Crippen molar-refractivity contribution in [3.05, 3.63) is 78.5 Å². The van der Waals surface area contributed by atoms with E-state index in [-0.39, 0.29) is 0 Å². The number of aromatic nitrogens is 9. The fourth-order valence-electron chi connectivity index (χ4n) is 4.70. The number of rotatable bonds is 5. The SMILES string of the molecule is C(=Cc1nc2c(N3CCOCC3)ccnn2c1-c1cncc(-c2nn[nH]n2)c1)c1ccc2ccccc2n1. The molecule has 0 radical (unpaired) electrons. The Kier molecular flexibility index (Phi) is 5.52. The minimum absolute atomic E-state index is 0.465. The van der Waals surface area contributed by atoms with E-state index in [2.05, 4.69) is 42.6 Å². The van der Waals surface area contributed by atoms with Crippen molar-refractivity contribution >= 4 is 34.4 Å². The molecule has 0 amide bonds. The van der Waals surface area contributed by atoms with Crippen LogP contribution in [0.3, 0.4) is 0 Å². The van der Waals surface area contributed by atoms with Gasteiger partial charge in [-0.1, -0.05) is 24.3 Å². The Morgan fingerprint density at radius 3 is 2.71 bits per heavy atom. The molecule has 5 aromatic heterocycles. The van der Waals surface area contributed by atoms with Gasteiger partial charge in [0.1, 0.15) is 5.69 Å². The average Bonchev–Trinajstić information content (AvgIpc) is 3.65. The zero-order chi connectivity index (χ0) is 25.3. The van der Waals surface area contributed by atoms with Gasteiger partial charge in [0.2, 0.25) is 5.82 Å². The number of tetrazole rings is 1. The molecule has 1 aliphatic heterocycles. The summed E-state index contributed by atoms with van der Waals surface area (Å²) >= 11 is 0. The molecule has 11 nitrogen and oxygen atoms in total. The van der Waals surface area contributed by atoms with E-state index >= 15 is 0 Å². The molecule has 1 aromatic carbocycles. The second kappa shape index (κ2) is 9.45. The highest BCUT2D eigenvalue weighted by molar-refractivity contribution is 5.85. The van der Waals surface area contributed by atoms with Gasteiger partial charge in [-0.2, -0.15) is 10.3 Å². The first kappa shape index (κ1) is 22.2. The second-order valence-electron chi connectivity index (χ2n) is 8.86. The Bertz CT molecular complexity index is 1770. The minimum Gasteiger partial charge on any atom is -0.378 e. The van der Waals surface area contributed by atoms with Gasteiger partial charge < -0.3 is 9.64 Å². The van der Waals surface area contributed by atoms with Crippen LogP contribution in [0.1, 0.15) is 11.4 Å². The third-order valence-corrected chi connectivity index (χ3v) is 6.52. The number of H-pyrrole nitrogens is 1. The van der Waals surface area contributed by atoms with Crippen LogP contribution in [0.4, 0.5) is 5.69 Å². The Morgan fingerprint density at radius 2 is 1.82 bits per heavy atom. The maximum atomic E-state index is 5.57. The molecule has 11 heteroatoms. The van der Waals surface area contributed by atoms with Crippen molar-refractivity contribution in [3.8, 4) is 22.6 Å². The third kappa shape index (κ3) is 4.04. The molecule has 6 aromatic rings. The Hall–Kier alpha value is -5.03. The highest BCUT2D eigenvalue weighted by Crippen LogP contribution is 2.32. The van der Waals surface area contributed by atoms with Crippen LogP contribution in [-0.4, -0.2) is 71.5 Å². The van der Waals surface area contributed by atoms with Gasteiger partial charge in [-0.15, -0.1) is 10.2 Å². The van der Waals surface area contributed by atoms with Gasteiger partial charge >= 0.3 is 0 Å². The Balaban J connectivity index is 1.38. The summed E-state index contributed by atoms with van der Waals surface area (Å²) in [7, 11) is 0. The van der Waals surface area contributed by atoms with E-state index < -0.39 is 0 Å². The summed E-state index contributed by atoms with van der Waals surface area (Å²) in [6.45, 7) is 2.95. The van der Waals surface area contributed by atoms with Gasteiger partial charge in [0.25, 0.3) is 0 Å². The second-order valence-corrected chi connectivity index (χ2v) is 8.86. The van der Waals surface area contributed by atoms with E-state index in [1.807, 2.05) is 53.1 Å². The first-order valence-electron chi connectivity index (χ1n) is 12.3. The number of imidazole rings is 1. The van der Waals surface area contributed by atoms with Crippen LogP contribution in [0.15, 0.2) is 67.1 Å². The lowest BCUT2D eigenvalue weighted by molar-refractivity contribution is 0.123. The van der Waals surface area contributed by atoms with Gasteiger partial charge in [0.05, 0.1) is 42.0 Å². The summed E-state index contributed by atoms with van der Waals surface area (Å²) in [4.78, 5) is 16.6. The molecule has 0 unspecified atom stereocenters. The lowest BCUT2D eigenvalue weighted by atomic mass is 10.1. The zero-order valence-corrected chi connectivity index (χ0v) is 20.3. The van der Waals surface area contributed by atoms with E-state index in [1.54, 1.807) is 18.6 Å². The highest BCUT2D eigenvalue weighted by atomic mass is 16.5. The van der Waals surface area contributed by atoms with Crippen LogP contribution >= 0.6 is 0 Å². The van der Waals surface area contributed by atoms with E-state index in [0.717, 1.165) is 63.5 Å². The van der Waals surface area contributed by atoms with Crippen molar-refractivity contribution in [2.24, 2.45) is 0 Å². The van der Waals surface area contributed by atoms with Crippen molar-refractivity contribution < 1.29 is 4.74 Å². The number of nitrogens with zero attached hydrogens (tertiary/aromatic N) is 9. The molecule has 186 valence electrons. The lowest BCUT2D eigenvalue weighted by Gasteiger charge is -2.28. The number of benzene rings is 1. The first-order valence-corrected chi connectivity index (χ1v) is 12.3. The Labute approximate surface area is 216 Å². The number of hydrogen-bond donors (Lipinski definition) is 1. The van der Waals surface area contributed by atoms with Crippen molar-refractivity contribution in [3.63, 3.8) is 0 Å². The number of pyridine rings is 2. The summed E-state index contributed by atoms with van der Waals surface area (Å²) in [5.41, 5.74) is 6.69. The number of para-hydroxylation sites is 1. The van der Waals surface area contributed by atoms with E-state index in [0.29, 0.717) is 19.0 Å². The van der Waals surface area contributed by atoms with Gasteiger partial charge in [0.15, 0.2) is 5.65 Å². The van der Waals surface area contributed by atoms with Crippen molar-refractivity contribution in [2.45, 2.75) is 0 Å². The first-order chi connectivity index (χ1) is 18.8. The van der Waals surface area contributed by atoms with Crippen LogP contribution in [0.5, 0.6) is 0 Å². The Morgan fingerprint density at radius 1 is 0.921 bits per heavy atom. The number of fused-ring (bicyclic) bond motifs is 2. The number of anilines is 1. The fraction of sp³-hybridized carbons (Fsp3) is 0.148. The predicted octanol–water partition coefficient (Wildman–Crippen LogP) is 3.53. The van der Waals surface area contributed by atoms with Crippen molar-refractivity contribution in [1.29, 1.82) is 0 Å². The summed E-state index contributed by atoms with van der Waals surface area (Å²) in [5.74, 6) is 0.465. The number of ether oxygens (including phenoxy) is 1. The maximum absolute atomic E-state index is 5.57. The van der Waals surface area contributed by atoms with Gasteiger partial charge in [-0.05, 0) is 41.6 Å². The molecular formula is C27H22N10O. The molecule has 1 N–H and O–H groups in total. The summed E-state index contributed by atoms with van der Waals surface area (Å²) in [6.07, 6.45) is 9.26. The quantitative estimate of drug-likeness (QED) is 0.377. The van der Waals surface area contributed by atoms with Crippen molar-refractivity contribution in [1.82, 2.24) is 45.2 Å². The molecule has 38 heavy (non-hydrogen) atoms. The monoisotopic (exact) mass is 502 g/mol. The molecule has 0 atom stereocenters. The lowest BCUT2D eigenvalue weighted by Crippen LogP contribution is -2.36. The van der Waals surface area contributed by atoms with Gasteiger partial charge in [-0.3, -0.25) is 4.98 Å². The molecule has 1 fully saturated rings.